The van der Waals surface area contributed by atoms with Gasteiger partial charge in [0.15, 0.2) is 11.6 Å². The normalized spacial score (nSPS) is 32.4. The van der Waals surface area contributed by atoms with Crippen LogP contribution < -0.4 is 10.6 Å². The van der Waals surface area contributed by atoms with Gasteiger partial charge >= 0.3 is 0 Å². The topological polar surface area (TPSA) is 78.4 Å². The van der Waals surface area contributed by atoms with Crippen molar-refractivity contribution in [1.29, 1.82) is 0 Å². The molecule has 10 heteroatoms. The van der Waals surface area contributed by atoms with E-state index in [1.807, 2.05) is 20.8 Å². The number of halogens is 4. The molecular weight excluding hydrogens is 537 g/mol. The zero-order chi connectivity index (χ0) is 27.8. The summed E-state index contributed by atoms with van der Waals surface area (Å²) in [7, 11) is 0. The fraction of sp³-hybridized carbons (Fsp3) is 0.500. The van der Waals surface area contributed by atoms with E-state index in [-0.39, 0.29) is 32.5 Å². The maximum atomic E-state index is 15.7. The molecule has 5 nitrogen and oxygen atoms in total. The number of fused-ring (bicyclic) bond motifs is 2. The summed E-state index contributed by atoms with van der Waals surface area (Å²) in [5.41, 5.74) is -2.51. The van der Waals surface area contributed by atoms with Gasteiger partial charge in [0, 0.05) is 22.9 Å². The third kappa shape index (κ3) is 4.45. The highest BCUT2D eigenvalue weighted by Gasteiger charge is 2.66. The number of hydrogen-bond acceptors (Lipinski definition) is 5. The Labute approximate surface area is 228 Å². The van der Waals surface area contributed by atoms with Gasteiger partial charge in [0.2, 0.25) is 11.0 Å². The van der Waals surface area contributed by atoms with Crippen LogP contribution in [-0.4, -0.2) is 39.9 Å². The summed E-state index contributed by atoms with van der Waals surface area (Å²) in [5.74, 6) is -4.53. The first kappa shape index (κ1) is 27.5. The van der Waals surface area contributed by atoms with Crippen molar-refractivity contribution in [2.75, 3.05) is 0 Å². The molecule has 1 amide bonds. The van der Waals surface area contributed by atoms with Crippen LogP contribution in [0.2, 0.25) is 5.02 Å². The van der Waals surface area contributed by atoms with Gasteiger partial charge in [-0.15, -0.1) is 0 Å². The van der Waals surface area contributed by atoms with Crippen LogP contribution in [0.25, 0.3) is 0 Å². The highest BCUT2D eigenvalue weighted by molar-refractivity contribution is 8.14. The molecule has 0 aromatic heterocycles. The molecule has 2 aromatic rings. The molecule has 0 bridgehead atoms. The first-order valence-corrected chi connectivity index (χ1v) is 13.8. The van der Waals surface area contributed by atoms with Gasteiger partial charge in [0.1, 0.15) is 5.82 Å². The van der Waals surface area contributed by atoms with Gasteiger partial charge in [-0.3, -0.25) is 9.59 Å². The lowest BCUT2D eigenvalue weighted by molar-refractivity contribution is -0.127. The van der Waals surface area contributed by atoms with Gasteiger partial charge in [-0.1, -0.05) is 56.3 Å². The predicted molar refractivity (Wildman–Crippen MR) is 140 cm³/mol. The van der Waals surface area contributed by atoms with Gasteiger partial charge in [0.25, 0.3) is 0 Å². The Morgan fingerprint density at radius 3 is 2.50 bits per heavy atom. The molecule has 1 spiro atoms. The zero-order valence-electron chi connectivity index (χ0n) is 21.5. The lowest BCUT2D eigenvalue weighted by Gasteiger charge is -2.42. The number of hydrogen-bond donors (Lipinski definition) is 3. The molecule has 4 atom stereocenters. The van der Waals surface area contributed by atoms with E-state index in [9.17, 15) is 23.5 Å². The van der Waals surface area contributed by atoms with Gasteiger partial charge in [-0.05, 0) is 60.9 Å². The summed E-state index contributed by atoms with van der Waals surface area (Å²) in [6.07, 6.45) is 1.11. The summed E-state index contributed by atoms with van der Waals surface area (Å²) in [4.78, 5) is 28.1. The summed E-state index contributed by atoms with van der Waals surface area (Å²) >= 11 is 6.95. The zero-order valence-corrected chi connectivity index (χ0v) is 23.1. The molecule has 1 aliphatic carbocycles. The maximum absolute atomic E-state index is 15.7. The average molecular weight is 567 g/mol. The molecule has 1 saturated heterocycles. The Kier molecular flexibility index (Phi) is 6.69. The summed E-state index contributed by atoms with van der Waals surface area (Å²) in [6.45, 7) is 7.60. The smallest absolute Gasteiger partial charge is 0.238 e. The number of benzene rings is 2. The number of rotatable bonds is 4. The molecule has 3 aliphatic rings. The Bertz CT molecular complexity index is 1320. The SMILES string of the molecule is CC(C)(C)C[C@H]1N[C@@H](C(=O)NC2CC(C)(O)C2)[C@H](c2cccc(Cl)c2F)[C@@]12C(=O)Sc1cc(F)c(F)cc12. The van der Waals surface area contributed by atoms with Gasteiger partial charge in [-0.25, -0.2) is 13.2 Å². The molecule has 2 heterocycles. The van der Waals surface area contributed by atoms with Gasteiger partial charge < -0.3 is 15.7 Å². The van der Waals surface area contributed by atoms with E-state index in [1.165, 1.54) is 12.1 Å². The van der Waals surface area contributed by atoms with E-state index in [1.54, 1.807) is 13.0 Å². The van der Waals surface area contributed by atoms with Crippen LogP contribution in [0.15, 0.2) is 35.2 Å². The van der Waals surface area contributed by atoms with Crippen molar-refractivity contribution < 1.29 is 27.9 Å². The molecule has 3 N–H and O–H groups in total. The van der Waals surface area contributed by atoms with E-state index in [2.05, 4.69) is 10.6 Å². The van der Waals surface area contributed by atoms with Crippen LogP contribution in [-0.2, 0) is 15.0 Å². The molecule has 2 aromatic carbocycles. The van der Waals surface area contributed by atoms with Crippen molar-refractivity contribution in [3.05, 3.63) is 63.9 Å². The number of amides is 1. The number of thioether (sulfide) groups is 1. The Balaban J connectivity index is 1.71. The van der Waals surface area contributed by atoms with Crippen LogP contribution in [0, 0.1) is 22.9 Å². The largest absolute Gasteiger partial charge is 0.390 e. The standard InChI is InChI=1S/C28H30ClF3N2O3S/c1-26(2,3)12-20-28(15-8-17(30)18(31)9-19(15)38-25(28)36)21(14-6-5-7-16(29)22(14)32)23(34-20)24(35)33-13-10-27(4,37)11-13/h5-9,13,20-21,23,34,37H,10-12H2,1-4H3,(H,33,35)/t13?,20-,21+,23-,27?,28+/m1/s1. The number of nitrogens with one attached hydrogen (secondary N) is 2. The van der Waals surface area contributed by atoms with Crippen LogP contribution in [0.5, 0.6) is 0 Å². The second-order valence-electron chi connectivity index (χ2n) is 12.2. The molecule has 2 aliphatic heterocycles. The molecule has 204 valence electrons. The molecule has 1 saturated carbocycles. The second-order valence-corrected chi connectivity index (χ2v) is 13.6. The minimum absolute atomic E-state index is 0.0497. The number of carbonyl (C=O) groups is 2. The molecule has 5 rings (SSSR count). The van der Waals surface area contributed by atoms with Crippen LogP contribution in [0.4, 0.5) is 13.2 Å². The average Bonchev–Trinajstić information content (AvgIpc) is 3.24. The van der Waals surface area contributed by atoms with E-state index >= 15 is 4.39 Å². The highest BCUT2D eigenvalue weighted by atomic mass is 35.5. The lowest BCUT2D eigenvalue weighted by atomic mass is 9.62. The number of aliphatic hydroxyl groups is 1. The quantitative estimate of drug-likeness (QED) is 0.473. The van der Waals surface area contributed by atoms with E-state index < -0.39 is 57.5 Å². The minimum atomic E-state index is -1.57. The van der Waals surface area contributed by atoms with Crippen LogP contribution in [0.1, 0.15) is 64.0 Å². The Hall–Kier alpha value is -2.07. The fourth-order valence-corrected chi connectivity index (χ4v) is 7.85. The van der Waals surface area contributed by atoms with Crippen molar-refractivity contribution in [2.24, 2.45) is 5.41 Å². The molecule has 2 fully saturated rings. The first-order valence-electron chi connectivity index (χ1n) is 12.6. The first-order chi connectivity index (χ1) is 17.6. The summed E-state index contributed by atoms with van der Waals surface area (Å²) < 4.78 is 44.7. The molecule has 0 radical (unpaired) electrons. The second kappa shape index (κ2) is 9.25. The highest BCUT2D eigenvalue weighted by Crippen LogP contribution is 2.60. The minimum Gasteiger partial charge on any atom is -0.390 e. The van der Waals surface area contributed by atoms with Crippen molar-refractivity contribution >= 4 is 34.4 Å². The molecule has 0 unspecified atom stereocenters. The predicted octanol–water partition coefficient (Wildman–Crippen LogP) is 5.22. The van der Waals surface area contributed by atoms with Crippen molar-refractivity contribution in [3.8, 4) is 0 Å². The van der Waals surface area contributed by atoms with Crippen molar-refractivity contribution in [2.45, 2.75) is 86.9 Å². The van der Waals surface area contributed by atoms with E-state index in [4.69, 9.17) is 11.6 Å². The van der Waals surface area contributed by atoms with Gasteiger partial charge in [0.05, 0.1) is 22.1 Å². The van der Waals surface area contributed by atoms with Gasteiger partial charge in [-0.2, -0.15) is 0 Å². The van der Waals surface area contributed by atoms with Crippen molar-refractivity contribution in [3.63, 3.8) is 0 Å². The lowest BCUT2D eigenvalue weighted by Crippen LogP contribution is -2.57. The van der Waals surface area contributed by atoms with E-state index in [0.717, 1.165) is 23.9 Å². The summed E-state index contributed by atoms with van der Waals surface area (Å²) in [6, 6.07) is 4.35. The van der Waals surface area contributed by atoms with Crippen molar-refractivity contribution in [1.82, 2.24) is 10.6 Å². The van der Waals surface area contributed by atoms with E-state index in [0.29, 0.717) is 19.3 Å². The Morgan fingerprint density at radius 1 is 1.21 bits per heavy atom. The fourth-order valence-electron chi connectivity index (χ4n) is 6.42. The molecule has 38 heavy (non-hydrogen) atoms. The monoisotopic (exact) mass is 566 g/mol. The number of carbonyl (C=O) groups excluding carboxylic acids is 2. The summed E-state index contributed by atoms with van der Waals surface area (Å²) in [5, 5.41) is 15.8. The third-order valence-corrected chi connectivity index (χ3v) is 9.27. The Morgan fingerprint density at radius 2 is 1.87 bits per heavy atom. The molecular formula is C28H30ClF3N2O3S. The maximum Gasteiger partial charge on any atom is 0.238 e. The third-order valence-electron chi connectivity index (χ3n) is 7.90. The van der Waals surface area contributed by atoms with Crippen LogP contribution >= 0.6 is 23.4 Å². The van der Waals surface area contributed by atoms with Crippen LogP contribution in [0.3, 0.4) is 0 Å².